The summed E-state index contributed by atoms with van der Waals surface area (Å²) in [6.45, 7) is 4.48. The Hall–Kier alpha value is -2.04. The number of hydrogen-bond donors (Lipinski definition) is 1. The zero-order chi connectivity index (χ0) is 16.1. The Bertz CT molecular complexity index is 650. The zero-order valence-corrected chi connectivity index (χ0v) is 13.7. The van der Waals surface area contributed by atoms with Gasteiger partial charge in [-0.2, -0.15) is 0 Å². The lowest BCUT2D eigenvalue weighted by atomic mass is 10.1. The van der Waals surface area contributed by atoms with E-state index in [2.05, 4.69) is 39.2 Å². The Morgan fingerprint density at radius 3 is 2.22 bits per heavy atom. The van der Waals surface area contributed by atoms with Crippen LogP contribution in [0.5, 0.6) is 0 Å². The van der Waals surface area contributed by atoms with Gasteiger partial charge in [-0.05, 0) is 24.3 Å². The van der Waals surface area contributed by atoms with E-state index in [0.717, 1.165) is 31.7 Å². The number of nitrogens with zero attached hydrogens (tertiary/aromatic N) is 3. The summed E-state index contributed by atoms with van der Waals surface area (Å²) in [5, 5.41) is 13.5. The number of hydrogen-bond acceptors (Lipinski definition) is 4. The van der Waals surface area contributed by atoms with E-state index in [1.54, 1.807) is 0 Å². The van der Waals surface area contributed by atoms with Crippen LogP contribution in [0.2, 0.25) is 5.02 Å². The molecule has 0 spiro atoms. The van der Waals surface area contributed by atoms with Crippen molar-refractivity contribution in [1.82, 2.24) is 4.90 Å². The van der Waals surface area contributed by atoms with Gasteiger partial charge in [-0.25, -0.2) is 0 Å². The highest BCUT2D eigenvalue weighted by atomic mass is 35.5. The quantitative estimate of drug-likeness (QED) is 0.531. The highest BCUT2D eigenvalue weighted by Crippen LogP contribution is 2.16. The monoisotopic (exact) mass is 329 g/mol. The summed E-state index contributed by atoms with van der Waals surface area (Å²) in [7, 11) is 0. The van der Waals surface area contributed by atoms with E-state index in [0.29, 0.717) is 17.3 Å². The first-order valence-electron chi connectivity index (χ1n) is 7.75. The van der Waals surface area contributed by atoms with E-state index >= 15 is 0 Å². The molecule has 23 heavy (non-hydrogen) atoms. The molecule has 120 valence electrons. The van der Waals surface area contributed by atoms with Gasteiger partial charge in [0.1, 0.15) is 5.71 Å². The number of anilines is 1. The number of rotatable bonds is 4. The van der Waals surface area contributed by atoms with Crippen LogP contribution in [0, 0.1) is 0 Å². The molecule has 0 unspecified atom stereocenters. The third-order valence-electron chi connectivity index (χ3n) is 4.17. The summed E-state index contributed by atoms with van der Waals surface area (Å²) in [4.78, 5) is 4.69. The lowest BCUT2D eigenvalue weighted by Crippen LogP contribution is -2.48. The number of halogens is 1. The first kappa shape index (κ1) is 15.8. The highest BCUT2D eigenvalue weighted by Gasteiger charge is 2.19. The molecule has 1 fully saturated rings. The Morgan fingerprint density at radius 2 is 1.61 bits per heavy atom. The van der Waals surface area contributed by atoms with Crippen LogP contribution in [0.15, 0.2) is 59.8 Å². The van der Waals surface area contributed by atoms with Gasteiger partial charge in [0.05, 0.1) is 0 Å². The molecular formula is C18H20ClN3O. The molecule has 0 atom stereocenters. The minimum atomic E-state index is 0.640. The molecule has 1 aliphatic heterocycles. The molecule has 1 N–H and O–H groups in total. The van der Waals surface area contributed by atoms with Crippen LogP contribution in [0.1, 0.15) is 5.56 Å². The maximum atomic E-state index is 9.33. The number of piperazine rings is 1. The number of para-hydroxylation sites is 1. The summed E-state index contributed by atoms with van der Waals surface area (Å²) in [6, 6.07) is 17.9. The molecule has 1 saturated heterocycles. The summed E-state index contributed by atoms with van der Waals surface area (Å²) < 4.78 is 0. The molecule has 3 rings (SSSR count). The molecule has 0 aliphatic carbocycles. The van der Waals surface area contributed by atoms with Gasteiger partial charge in [0, 0.05) is 49.0 Å². The molecule has 2 aromatic rings. The van der Waals surface area contributed by atoms with Crippen molar-refractivity contribution >= 4 is 23.0 Å². The van der Waals surface area contributed by atoms with Gasteiger partial charge in [0.15, 0.2) is 0 Å². The van der Waals surface area contributed by atoms with E-state index in [4.69, 9.17) is 11.6 Å². The van der Waals surface area contributed by atoms with Crippen molar-refractivity contribution in [3.8, 4) is 0 Å². The van der Waals surface area contributed by atoms with Crippen LogP contribution in [0.4, 0.5) is 5.69 Å². The largest absolute Gasteiger partial charge is 0.411 e. The first-order valence-corrected chi connectivity index (χ1v) is 8.13. The maximum Gasteiger partial charge on any atom is 0.101 e. The van der Waals surface area contributed by atoms with Crippen molar-refractivity contribution in [2.45, 2.75) is 0 Å². The Kier molecular flexibility index (Phi) is 5.16. The van der Waals surface area contributed by atoms with Crippen LogP contribution in [0.25, 0.3) is 0 Å². The second-order valence-electron chi connectivity index (χ2n) is 5.65. The van der Waals surface area contributed by atoms with Gasteiger partial charge in [0.25, 0.3) is 0 Å². The SMILES string of the molecule is O/N=C(/CN1CCN(c2ccccc2)CC1)c1ccc(Cl)cc1. The highest BCUT2D eigenvalue weighted by molar-refractivity contribution is 6.30. The minimum absolute atomic E-state index is 0.640. The van der Waals surface area contributed by atoms with Gasteiger partial charge < -0.3 is 10.1 Å². The van der Waals surface area contributed by atoms with Crippen molar-refractivity contribution in [3.63, 3.8) is 0 Å². The average molecular weight is 330 g/mol. The fraction of sp³-hybridized carbons (Fsp3) is 0.278. The summed E-state index contributed by atoms with van der Waals surface area (Å²) in [5.74, 6) is 0. The van der Waals surface area contributed by atoms with Crippen LogP contribution in [0.3, 0.4) is 0 Å². The van der Waals surface area contributed by atoms with E-state index in [9.17, 15) is 5.21 Å². The van der Waals surface area contributed by atoms with Gasteiger partial charge in [-0.3, -0.25) is 4.90 Å². The molecule has 1 aliphatic rings. The van der Waals surface area contributed by atoms with Crippen molar-refractivity contribution in [2.75, 3.05) is 37.6 Å². The van der Waals surface area contributed by atoms with Crippen LogP contribution < -0.4 is 4.90 Å². The fourth-order valence-electron chi connectivity index (χ4n) is 2.84. The standard InChI is InChI=1S/C18H20ClN3O/c19-16-8-6-15(7-9-16)18(20-23)14-21-10-12-22(13-11-21)17-4-2-1-3-5-17/h1-9,23H,10-14H2/b20-18-. The zero-order valence-electron chi connectivity index (χ0n) is 12.9. The molecule has 4 nitrogen and oxygen atoms in total. The molecule has 2 aromatic carbocycles. The van der Waals surface area contributed by atoms with Crippen LogP contribution >= 0.6 is 11.6 Å². The summed E-state index contributed by atoms with van der Waals surface area (Å²) in [6.07, 6.45) is 0. The first-order chi connectivity index (χ1) is 11.3. The van der Waals surface area contributed by atoms with E-state index < -0.39 is 0 Å². The number of benzene rings is 2. The Morgan fingerprint density at radius 1 is 0.957 bits per heavy atom. The predicted molar refractivity (Wildman–Crippen MR) is 94.9 cm³/mol. The molecule has 0 saturated carbocycles. The van der Waals surface area contributed by atoms with Crippen molar-refractivity contribution in [3.05, 3.63) is 65.2 Å². The van der Waals surface area contributed by atoms with Crippen molar-refractivity contribution < 1.29 is 5.21 Å². The predicted octanol–water partition coefficient (Wildman–Crippen LogP) is 3.34. The Balaban J connectivity index is 1.58. The molecule has 1 heterocycles. The summed E-state index contributed by atoms with van der Waals surface area (Å²) >= 11 is 5.91. The lowest BCUT2D eigenvalue weighted by Gasteiger charge is -2.36. The average Bonchev–Trinajstić information content (AvgIpc) is 2.62. The smallest absolute Gasteiger partial charge is 0.101 e. The molecule has 0 aromatic heterocycles. The maximum absolute atomic E-state index is 9.33. The van der Waals surface area contributed by atoms with Crippen LogP contribution in [-0.2, 0) is 0 Å². The lowest BCUT2D eigenvalue weighted by molar-refractivity contribution is 0.280. The van der Waals surface area contributed by atoms with Gasteiger partial charge in [-0.15, -0.1) is 0 Å². The molecule has 0 bridgehead atoms. The molecule has 5 heteroatoms. The van der Waals surface area contributed by atoms with Gasteiger partial charge in [0.2, 0.25) is 0 Å². The second kappa shape index (κ2) is 7.49. The van der Waals surface area contributed by atoms with Crippen LogP contribution in [-0.4, -0.2) is 48.5 Å². The fourth-order valence-corrected chi connectivity index (χ4v) is 2.96. The van der Waals surface area contributed by atoms with E-state index in [-0.39, 0.29) is 0 Å². The summed E-state index contributed by atoms with van der Waals surface area (Å²) in [5.41, 5.74) is 2.85. The molecular weight excluding hydrogens is 310 g/mol. The Labute approximate surface area is 141 Å². The van der Waals surface area contributed by atoms with Gasteiger partial charge >= 0.3 is 0 Å². The van der Waals surface area contributed by atoms with Crippen molar-refractivity contribution in [1.29, 1.82) is 0 Å². The van der Waals surface area contributed by atoms with Crippen molar-refractivity contribution in [2.24, 2.45) is 5.16 Å². The third kappa shape index (κ3) is 4.03. The second-order valence-corrected chi connectivity index (χ2v) is 6.09. The minimum Gasteiger partial charge on any atom is -0.411 e. The molecule has 0 radical (unpaired) electrons. The topological polar surface area (TPSA) is 39.1 Å². The van der Waals surface area contributed by atoms with E-state index in [1.165, 1.54) is 5.69 Å². The third-order valence-corrected chi connectivity index (χ3v) is 4.42. The van der Waals surface area contributed by atoms with E-state index in [1.807, 2.05) is 30.3 Å². The van der Waals surface area contributed by atoms with Gasteiger partial charge in [-0.1, -0.05) is 47.1 Å². The normalized spacial score (nSPS) is 16.6. The molecule has 0 amide bonds. The number of oxime groups is 1.